The third-order valence-electron chi connectivity index (χ3n) is 7.67. The van der Waals surface area contributed by atoms with Gasteiger partial charge in [-0.2, -0.15) is 13.2 Å². The highest BCUT2D eigenvalue weighted by Gasteiger charge is 2.43. The van der Waals surface area contributed by atoms with Gasteiger partial charge in [-0.3, -0.25) is 4.79 Å². The number of alkyl carbamates (subject to hydrolysis) is 1. The summed E-state index contributed by atoms with van der Waals surface area (Å²) in [5.41, 5.74) is -1.27. The van der Waals surface area contributed by atoms with Crippen molar-refractivity contribution >= 4 is 12.0 Å². The highest BCUT2D eigenvalue weighted by Crippen LogP contribution is 2.46. The molecule has 1 heterocycles. The molecule has 2 aromatic rings. The van der Waals surface area contributed by atoms with Crippen LogP contribution in [0, 0.1) is 5.92 Å². The standard InChI is InChI=1S/C30H40F3N3O5/c1-34-16-6-12-27(37)36-18-7-9-22(20-36)29(39,15-8-17-35-28(38)41-3)25-11-5-4-10-23(25)24-19-21(30(31,32)33)13-14-26(24)40-2/h4-5,10-11,13-14,19,22,34,39H,6-9,12,15-18,20H2,1-3H3,(H,35,38)/t22-,29+/m1/s1. The van der Waals surface area contributed by atoms with E-state index in [0.717, 1.165) is 12.1 Å². The van der Waals surface area contributed by atoms with Gasteiger partial charge in [0.15, 0.2) is 0 Å². The van der Waals surface area contributed by atoms with Crippen molar-refractivity contribution in [2.24, 2.45) is 5.92 Å². The fourth-order valence-corrected chi connectivity index (χ4v) is 5.54. The third kappa shape index (κ3) is 8.13. The molecule has 2 aromatic carbocycles. The maximum atomic E-state index is 13.7. The Balaban J connectivity index is 2.04. The van der Waals surface area contributed by atoms with Gasteiger partial charge in [0.25, 0.3) is 0 Å². The maximum Gasteiger partial charge on any atom is 0.416 e. The molecule has 3 rings (SSSR count). The number of amides is 2. The van der Waals surface area contributed by atoms with Crippen LogP contribution in [0.25, 0.3) is 11.1 Å². The summed E-state index contributed by atoms with van der Waals surface area (Å²) < 4.78 is 51.2. The second-order valence-corrected chi connectivity index (χ2v) is 10.3. The number of piperidine rings is 1. The summed E-state index contributed by atoms with van der Waals surface area (Å²) in [5, 5.41) is 18.2. The normalized spacial score (nSPS) is 17.0. The molecule has 2 atom stereocenters. The Morgan fingerprint density at radius 3 is 2.51 bits per heavy atom. The van der Waals surface area contributed by atoms with E-state index >= 15 is 0 Å². The monoisotopic (exact) mass is 579 g/mol. The van der Waals surface area contributed by atoms with E-state index in [1.54, 1.807) is 29.2 Å². The van der Waals surface area contributed by atoms with Crippen LogP contribution < -0.4 is 15.4 Å². The number of benzene rings is 2. The molecule has 0 radical (unpaired) electrons. The topological polar surface area (TPSA) is 100 Å². The minimum absolute atomic E-state index is 0.00694. The van der Waals surface area contributed by atoms with E-state index in [4.69, 9.17) is 4.74 Å². The van der Waals surface area contributed by atoms with Crippen molar-refractivity contribution in [3.63, 3.8) is 0 Å². The number of alkyl halides is 3. The van der Waals surface area contributed by atoms with Crippen LogP contribution in [0.4, 0.5) is 18.0 Å². The molecule has 11 heteroatoms. The highest BCUT2D eigenvalue weighted by atomic mass is 19.4. The molecule has 2 amide bonds. The van der Waals surface area contributed by atoms with Gasteiger partial charge in [-0.25, -0.2) is 4.79 Å². The van der Waals surface area contributed by atoms with E-state index in [2.05, 4.69) is 15.4 Å². The lowest BCUT2D eigenvalue weighted by Gasteiger charge is -2.44. The van der Waals surface area contributed by atoms with Gasteiger partial charge in [0.2, 0.25) is 5.91 Å². The average Bonchev–Trinajstić information content (AvgIpc) is 2.98. The van der Waals surface area contributed by atoms with Gasteiger partial charge in [-0.05, 0) is 75.0 Å². The van der Waals surface area contributed by atoms with E-state index in [1.807, 2.05) is 7.05 Å². The minimum Gasteiger partial charge on any atom is -0.496 e. The van der Waals surface area contributed by atoms with E-state index < -0.39 is 23.4 Å². The van der Waals surface area contributed by atoms with Gasteiger partial charge < -0.3 is 30.1 Å². The first-order valence-corrected chi connectivity index (χ1v) is 13.9. The van der Waals surface area contributed by atoms with Crippen LogP contribution in [0.5, 0.6) is 5.75 Å². The van der Waals surface area contributed by atoms with Gasteiger partial charge in [-0.1, -0.05) is 24.3 Å². The molecule has 1 aliphatic heterocycles. The summed E-state index contributed by atoms with van der Waals surface area (Å²) in [4.78, 5) is 26.4. The second-order valence-electron chi connectivity index (χ2n) is 10.3. The van der Waals surface area contributed by atoms with Crippen LogP contribution in [-0.2, 0) is 21.3 Å². The Labute approximate surface area is 239 Å². The van der Waals surface area contributed by atoms with Crippen molar-refractivity contribution in [2.45, 2.75) is 50.3 Å². The van der Waals surface area contributed by atoms with Gasteiger partial charge in [0.05, 0.1) is 25.4 Å². The molecular weight excluding hydrogens is 539 g/mol. The number of carbonyl (C=O) groups excluding carboxylic acids is 2. The van der Waals surface area contributed by atoms with Gasteiger partial charge in [0.1, 0.15) is 5.75 Å². The number of nitrogens with one attached hydrogen (secondary N) is 2. The second kappa shape index (κ2) is 14.5. The Kier molecular flexibility index (Phi) is 11.4. The number of hydrogen-bond donors (Lipinski definition) is 3. The molecule has 0 unspecified atom stereocenters. The van der Waals surface area contributed by atoms with Crippen molar-refractivity contribution < 1.29 is 37.3 Å². The SMILES string of the molecule is CNCCCC(=O)N1CCC[C@@H]([C@@](O)(CCCNC(=O)OC)c2ccccc2-c2cc(C(F)(F)F)ccc2OC)C1. The van der Waals surface area contributed by atoms with E-state index in [-0.39, 0.29) is 36.1 Å². The molecule has 1 fully saturated rings. The molecule has 3 N–H and O–H groups in total. The lowest BCUT2D eigenvalue weighted by molar-refractivity contribution is -0.138. The zero-order valence-electron chi connectivity index (χ0n) is 23.9. The Bertz CT molecular complexity index is 1180. The number of likely N-dealkylation sites (tertiary alicyclic amines) is 1. The Hall–Kier alpha value is -3.31. The van der Waals surface area contributed by atoms with E-state index in [9.17, 15) is 27.9 Å². The van der Waals surface area contributed by atoms with Gasteiger partial charge in [-0.15, -0.1) is 0 Å². The Morgan fingerprint density at radius 1 is 1.07 bits per heavy atom. The quantitative estimate of drug-likeness (QED) is 0.308. The van der Waals surface area contributed by atoms with Crippen LogP contribution in [0.2, 0.25) is 0 Å². The molecule has 1 saturated heterocycles. The lowest BCUT2D eigenvalue weighted by atomic mass is 9.72. The summed E-state index contributed by atoms with van der Waals surface area (Å²) >= 11 is 0. The fraction of sp³-hybridized carbons (Fsp3) is 0.533. The van der Waals surface area contributed by atoms with Crippen molar-refractivity contribution in [3.05, 3.63) is 53.6 Å². The number of halogens is 3. The molecule has 0 bridgehead atoms. The fourth-order valence-electron chi connectivity index (χ4n) is 5.54. The molecule has 0 aliphatic carbocycles. The van der Waals surface area contributed by atoms with Crippen LogP contribution >= 0.6 is 0 Å². The first-order valence-electron chi connectivity index (χ1n) is 13.9. The van der Waals surface area contributed by atoms with Crippen molar-refractivity contribution in [1.82, 2.24) is 15.5 Å². The summed E-state index contributed by atoms with van der Waals surface area (Å²) in [7, 11) is 4.47. The third-order valence-corrected chi connectivity index (χ3v) is 7.67. The van der Waals surface area contributed by atoms with Crippen molar-refractivity contribution in [1.29, 1.82) is 0 Å². The zero-order valence-corrected chi connectivity index (χ0v) is 23.9. The number of hydrogen-bond acceptors (Lipinski definition) is 6. The molecule has 1 aliphatic rings. The molecule has 41 heavy (non-hydrogen) atoms. The van der Waals surface area contributed by atoms with Gasteiger partial charge in [0, 0.05) is 37.5 Å². The minimum atomic E-state index is -4.57. The molecule has 8 nitrogen and oxygen atoms in total. The summed E-state index contributed by atoms with van der Waals surface area (Å²) in [6.07, 6.45) is -2.23. The van der Waals surface area contributed by atoms with Crippen LogP contribution in [0.15, 0.2) is 42.5 Å². The molecule has 0 saturated carbocycles. The molecule has 226 valence electrons. The largest absolute Gasteiger partial charge is 0.496 e. The number of ether oxygens (including phenoxy) is 2. The first kappa shape index (κ1) is 32.2. The van der Waals surface area contributed by atoms with Crippen LogP contribution in [0.1, 0.15) is 49.7 Å². The molecular formula is C30H40F3N3O5. The maximum absolute atomic E-state index is 13.7. The lowest BCUT2D eigenvalue weighted by Crippen LogP contribution is -2.48. The van der Waals surface area contributed by atoms with Crippen LogP contribution in [-0.4, -0.2) is 69.5 Å². The predicted molar refractivity (Wildman–Crippen MR) is 149 cm³/mol. The van der Waals surface area contributed by atoms with E-state index in [1.165, 1.54) is 20.3 Å². The smallest absolute Gasteiger partial charge is 0.416 e. The number of rotatable bonds is 12. The Morgan fingerprint density at radius 2 is 1.83 bits per heavy atom. The number of methoxy groups -OCH3 is 2. The summed E-state index contributed by atoms with van der Waals surface area (Å²) in [6.45, 7) is 1.83. The predicted octanol–water partition coefficient (Wildman–Crippen LogP) is 4.94. The van der Waals surface area contributed by atoms with Crippen LogP contribution in [0.3, 0.4) is 0 Å². The number of carbonyl (C=O) groups is 2. The summed E-state index contributed by atoms with van der Waals surface area (Å²) in [5.74, 6) is -0.141. The number of aliphatic hydroxyl groups is 1. The average molecular weight is 580 g/mol. The number of nitrogens with zero attached hydrogens (tertiary/aromatic N) is 1. The first-order chi connectivity index (χ1) is 19.5. The molecule has 0 aromatic heterocycles. The van der Waals surface area contributed by atoms with Crippen molar-refractivity contribution in [2.75, 3.05) is 47.4 Å². The van der Waals surface area contributed by atoms with Gasteiger partial charge >= 0.3 is 12.3 Å². The van der Waals surface area contributed by atoms with E-state index in [0.29, 0.717) is 62.9 Å². The highest BCUT2D eigenvalue weighted by molar-refractivity contribution is 5.77. The zero-order chi connectivity index (χ0) is 30.0. The summed E-state index contributed by atoms with van der Waals surface area (Å²) in [6, 6.07) is 10.1. The van der Waals surface area contributed by atoms with Crippen molar-refractivity contribution in [3.8, 4) is 16.9 Å². The molecule has 0 spiro atoms.